The molecule has 0 aliphatic carbocycles. The van der Waals surface area contributed by atoms with Crippen LogP contribution in [0.25, 0.3) is 21.9 Å². The van der Waals surface area contributed by atoms with E-state index in [2.05, 4.69) is 6.92 Å². The number of aryl methyl sites for hydroxylation is 1. The maximum atomic E-state index is 14.2. The van der Waals surface area contributed by atoms with Gasteiger partial charge >= 0.3 is 6.18 Å². The molecule has 0 amide bonds. The Morgan fingerprint density at radius 2 is 1.41 bits per heavy atom. The lowest BCUT2D eigenvalue weighted by Crippen LogP contribution is -2.11. The number of rotatable bonds is 7. The van der Waals surface area contributed by atoms with Crippen molar-refractivity contribution in [2.45, 2.75) is 51.6 Å². The highest BCUT2D eigenvalue weighted by Crippen LogP contribution is 2.37. The predicted molar refractivity (Wildman–Crippen MR) is 107 cm³/mol. The molecule has 0 heterocycles. The molecule has 5 heteroatoms. The predicted octanol–water partition coefficient (Wildman–Crippen LogP) is 8.32. The van der Waals surface area contributed by atoms with Crippen molar-refractivity contribution in [2.24, 2.45) is 0 Å². The van der Waals surface area contributed by atoms with E-state index in [9.17, 15) is 22.0 Å². The van der Waals surface area contributed by atoms with Crippen LogP contribution in [0.5, 0.6) is 0 Å². The van der Waals surface area contributed by atoms with Gasteiger partial charge in [0.2, 0.25) is 0 Å². The van der Waals surface area contributed by atoms with Crippen molar-refractivity contribution in [1.29, 1.82) is 0 Å². The summed E-state index contributed by atoms with van der Waals surface area (Å²) in [6.07, 6.45) is 1.98. The van der Waals surface area contributed by atoms with Crippen LogP contribution in [0.2, 0.25) is 0 Å². The first kappa shape index (κ1) is 21.3. The summed E-state index contributed by atoms with van der Waals surface area (Å²) < 4.78 is 66.8. The minimum absolute atomic E-state index is 0.102. The highest BCUT2D eigenvalue weighted by molar-refractivity contribution is 5.88. The van der Waals surface area contributed by atoms with E-state index >= 15 is 0 Å². The molecule has 154 valence electrons. The number of benzene rings is 3. The van der Waals surface area contributed by atoms with E-state index < -0.39 is 23.4 Å². The number of hydrogen-bond acceptors (Lipinski definition) is 0. The van der Waals surface area contributed by atoms with Gasteiger partial charge in [-0.3, -0.25) is 0 Å². The highest BCUT2D eigenvalue weighted by Gasteiger charge is 2.38. The van der Waals surface area contributed by atoms with Gasteiger partial charge < -0.3 is 0 Å². The summed E-state index contributed by atoms with van der Waals surface area (Å²) in [5, 5.41) is -0.142. The van der Waals surface area contributed by atoms with E-state index in [0.29, 0.717) is 5.56 Å². The van der Waals surface area contributed by atoms with Crippen LogP contribution >= 0.6 is 0 Å². The molecule has 0 aliphatic rings. The zero-order chi connectivity index (χ0) is 21.0. The molecule has 0 saturated carbocycles. The average Bonchev–Trinajstić information content (AvgIpc) is 2.67. The molecule has 0 aromatic heterocycles. The molecular weight excluding hydrogens is 383 g/mol. The topological polar surface area (TPSA) is 0 Å². The van der Waals surface area contributed by atoms with E-state index in [0.717, 1.165) is 24.5 Å². The van der Waals surface area contributed by atoms with Gasteiger partial charge in [0.15, 0.2) is 0 Å². The molecule has 0 nitrogen and oxygen atoms in total. The van der Waals surface area contributed by atoms with Gasteiger partial charge in [-0.25, -0.2) is 8.78 Å². The van der Waals surface area contributed by atoms with Gasteiger partial charge in [-0.05, 0) is 47.1 Å². The monoisotopic (exact) mass is 406 g/mol. The second-order valence-corrected chi connectivity index (χ2v) is 7.34. The molecule has 0 aliphatic heterocycles. The van der Waals surface area contributed by atoms with Gasteiger partial charge in [-0.2, -0.15) is 13.2 Å². The van der Waals surface area contributed by atoms with Gasteiger partial charge in [0.05, 0.1) is 0 Å². The van der Waals surface area contributed by atoms with Crippen molar-refractivity contribution in [2.75, 3.05) is 0 Å². The highest BCUT2D eigenvalue weighted by atomic mass is 19.4. The molecule has 29 heavy (non-hydrogen) atoms. The Bertz CT molecular complexity index is 971. The third kappa shape index (κ3) is 4.95. The van der Waals surface area contributed by atoms with Gasteiger partial charge in [0.1, 0.15) is 17.2 Å². The Morgan fingerprint density at radius 3 is 2.07 bits per heavy atom. The van der Waals surface area contributed by atoms with Crippen molar-refractivity contribution in [3.05, 3.63) is 71.3 Å². The van der Waals surface area contributed by atoms with Crippen LogP contribution in [0.4, 0.5) is 22.0 Å². The summed E-state index contributed by atoms with van der Waals surface area (Å²) in [5.41, 5.74) is 0.923. The summed E-state index contributed by atoms with van der Waals surface area (Å²) in [4.78, 5) is 0. The fourth-order valence-corrected chi connectivity index (χ4v) is 3.57. The van der Waals surface area contributed by atoms with Crippen LogP contribution in [-0.2, 0) is 12.6 Å². The van der Waals surface area contributed by atoms with Gasteiger partial charge in [-0.15, -0.1) is 0 Å². The molecule has 0 atom stereocenters. The van der Waals surface area contributed by atoms with E-state index in [1.807, 2.05) is 24.3 Å². The van der Waals surface area contributed by atoms with Crippen molar-refractivity contribution in [3.63, 3.8) is 0 Å². The zero-order valence-electron chi connectivity index (χ0n) is 16.3. The molecule has 3 rings (SSSR count). The number of alkyl halides is 3. The second kappa shape index (κ2) is 8.93. The molecule has 0 saturated heterocycles. The Labute approximate surface area is 167 Å². The van der Waals surface area contributed by atoms with Crippen LogP contribution in [0, 0.1) is 11.6 Å². The van der Waals surface area contributed by atoms with Crippen LogP contribution in [0.1, 0.15) is 50.2 Å². The van der Waals surface area contributed by atoms with Crippen LogP contribution in [0.3, 0.4) is 0 Å². The third-order valence-corrected chi connectivity index (χ3v) is 5.17. The molecule has 0 spiro atoms. The summed E-state index contributed by atoms with van der Waals surface area (Å²) in [5.74, 6) is -3.17. The summed E-state index contributed by atoms with van der Waals surface area (Å²) in [6, 6.07) is 13.0. The summed E-state index contributed by atoms with van der Waals surface area (Å²) in [7, 11) is 0. The maximum Gasteiger partial charge on any atom is 0.422 e. The first-order valence-electron chi connectivity index (χ1n) is 9.89. The zero-order valence-corrected chi connectivity index (χ0v) is 16.3. The van der Waals surface area contributed by atoms with E-state index in [4.69, 9.17) is 0 Å². The van der Waals surface area contributed by atoms with E-state index in [1.165, 1.54) is 43.4 Å². The van der Waals surface area contributed by atoms with E-state index in [1.54, 1.807) is 6.07 Å². The lowest BCUT2D eigenvalue weighted by molar-refractivity contribution is -0.142. The fraction of sp³-hybridized carbons (Fsp3) is 0.333. The van der Waals surface area contributed by atoms with Crippen molar-refractivity contribution in [1.82, 2.24) is 0 Å². The fourth-order valence-electron chi connectivity index (χ4n) is 3.57. The first-order valence-corrected chi connectivity index (χ1v) is 9.89. The van der Waals surface area contributed by atoms with Crippen molar-refractivity contribution in [3.8, 4) is 11.1 Å². The first-order chi connectivity index (χ1) is 13.8. The number of unbranched alkanes of at least 4 members (excludes halogenated alkanes) is 4. The Morgan fingerprint density at radius 1 is 0.759 bits per heavy atom. The number of hydrogen-bond donors (Lipinski definition) is 0. The van der Waals surface area contributed by atoms with Crippen molar-refractivity contribution < 1.29 is 22.0 Å². The minimum Gasteiger partial charge on any atom is -0.206 e. The number of halogens is 5. The van der Waals surface area contributed by atoms with E-state index in [-0.39, 0.29) is 10.8 Å². The van der Waals surface area contributed by atoms with Crippen LogP contribution in [-0.4, -0.2) is 0 Å². The molecule has 0 unspecified atom stereocenters. The SMILES string of the molecule is CCCCCCCc1ccc(-c2ccc3c(F)c(C(F)(F)F)c(F)cc3c2)cc1. The van der Waals surface area contributed by atoms with Gasteiger partial charge in [0, 0.05) is 5.39 Å². The largest absolute Gasteiger partial charge is 0.422 e. The smallest absolute Gasteiger partial charge is 0.206 e. The van der Waals surface area contributed by atoms with Crippen molar-refractivity contribution >= 4 is 10.8 Å². The average molecular weight is 406 g/mol. The summed E-state index contributed by atoms with van der Waals surface area (Å²) in [6.45, 7) is 2.18. The van der Waals surface area contributed by atoms with Gasteiger partial charge in [0.25, 0.3) is 0 Å². The maximum absolute atomic E-state index is 14.2. The molecule has 0 N–H and O–H groups in total. The lowest BCUT2D eigenvalue weighted by Gasteiger charge is -2.12. The minimum atomic E-state index is -5.08. The van der Waals surface area contributed by atoms with Crippen LogP contribution in [0.15, 0.2) is 48.5 Å². The normalized spacial score (nSPS) is 11.9. The van der Waals surface area contributed by atoms with Crippen LogP contribution < -0.4 is 0 Å². The Hall–Kier alpha value is -2.43. The molecule has 0 fully saturated rings. The lowest BCUT2D eigenvalue weighted by atomic mass is 9.97. The second-order valence-electron chi connectivity index (χ2n) is 7.34. The Balaban J connectivity index is 1.82. The number of fused-ring (bicyclic) bond motifs is 1. The molecule has 0 bridgehead atoms. The molecule has 3 aromatic carbocycles. The molecule has 0 radical (unpaired) electrons. The standard InChI is InChI=1S/C24H23F5/c1-2-3-4-5-6-7-16-8-10-17(11-9-16)18-12-13-20-19(14-18)15-21(25)22(23(20)26)24(27,28)29/h8-15H,2-7H2,1H3. The summed E-state index contributed by atoms with van der Waals surface area (Å²) >= 11 is 0. The quantitative estimate of drug-likeness (QED) is 0.273. The molecular formula is C24H23F5. The molecule has 3 aromatic rings. The third-order valence-electron chi connectivity index (χ3n) is 5.17. The Kier molecular flexibility index (Phi) is 6.56. The van der Waals surface area contributed by atoms with Gasteiger partial charge in [-0.1, -0.05) is 69.0 Å².